The van der Waals surface area contributed by atoms with Gasteiger partial charge < -0.3 is 10.4 Å². The Bertz CT molecular complexity index is 518. The summed E-state index contributed by atoms with van der Waals surface area (Å²) in [5.41, 5.74) is 3.06. The van der Waals surface area contributed by atoms with Gasteiger partial charge in [-0.15, -0.1) is 0 Å². The van der Waals surface area contributed by atoms with Crippen molar-refractivity contribution in [2.75, 3.05) is 5.32 Å². The number of nitrogens with one attached hydrogen (secondary N) is 1. The summed E-state index contributed by atoms with van der Waals surface area (Å²) in [6.07, 6.45) is 0. The maximum absolute atomic E-state index is 12.3. The fourth-order valence-electron chi connectivity index (χ4n) is 2.45. The van der Waals surface area contributed by atoms with Crippen LogP contribution in [-0.4, -0.2) is 17.0 Å². The third-order valence-electron chi connectivity index (χ3n) is 3.30. The molecule has 0 bridgehead atoms. The largest absolute Gasteiger partial charge is 0.481 e. The summed E-state index contributed by atoms with van der Waals surface area (Å²) in [6.45, 7) is 11.0. The molecule has 4 nitrogen and oxygen atoms in total. The SMILES string of the molecule is Cc1cc(C)c(NC(=O)C(C(=O)O)C(C)(C)C)c(C)c1. The molecule has 0 aliphatic rings. The highest BCUT2D eigenvalue weighted by Crippen LogP contribution is 2.29. The van der Waals surface area contributed by atoms with E-state index >= 15 is 0 Å². The van der Waals surface area contributed by atoms with Gasteiger partial charge in [0, 0.05) is 5.69 Å². The van der Waals surface area contributed by atoms with Crippen molar-refractivity contribution in [3.8, 4) is 0 Å². The van der Waals surface area contributed by atoms with Crippen molar-refractivity contribution in [1.29, 1.82) is 0 Å². The number of hydrogen-bond acceptors (Lipinski definition) is 2. The van der Waals surface area contributed by atoms with Gasteiger partial charge in [-0.3, -0.25) is 9.59 Å². The summed E-state index contributed by atoms with van der Waals surface area (Å²) in [4.78, 5) is 23.6. The van der Waals surface area contributed by atoms with E-state index in [2.05, 4.69) is 5.32 Å². The number of benzene rings is 1. The first-order valence-electron chi connectivity index (χ1n) is 6.65. The van der Waals surface area contributed by atoms with Crippen molar-refractivity contribution < 1.29 is 14.7 Å². The molecule has 0 heterocycles. The van der Waals surface area contributed by atoms with Gasteiger partial charge in [-0.05, 0) is 37.3 Å². The van der Waals surface area contributed by atoms with E-state index in [-0.39, 0.29) is 0 Å². The van der Waals surface area contributed by atoms with Gasteiger partial charge >= 0.3 is 5.97 Å². The molecule has 110 valence electrons. The molecule has 0 spiro atoms. The minimum Gasteiger partial charge on any atom is -0.481 e. The van der Waals surface area contributed by atoms with E-state index in [1.165, 1.54) is 0 Å². The number of rotatable bonds is 3. The van der Waals surface area contributed by atoms with Crippen molar-refractivity contribution in [3.63, 3.8) is 0 Å². The van der Waals surface area contributed by atoms with Crippen LogP contribution in [0.25, 0.3) is 0 Å². The summed E-state index contributed by atoms with van der Waals surface area (Å²) in [5.74, 6) is -2.65. The highest BCUT2D eigenvalue weighted by atomic mass is 16.4. The quantitative estimate of drug-likeness (QED) is 0.833. The van der Waals surface area contributed by atoms with Crippen LogP contribution in [-0.2, 0) is 9.59 Å². The second kappa shape index (κ2) is 5.65. The Hall–Kier alpha value is -1.84. The van der Waals surface area contributed by atoms with E-state index in [0.717, 1.165) is 16.7 Å². The molecule has 2 N–H and O–H groups in total. The second-order valence-electron chi connectivity index (χ2n) is 6.40. The molecule has 0 aliphatic heterocycles. The zero-order chi connectivity index (χ0) is 15.7. The number of carbonyl (C=O) groups excluding carboxylic acids is 1. The smallest absolute Gasteiger partial charge is 0.316 e. The fourth-order valence-corrected chi connectivity index (χ4v) is 2.45. The van der Waals surface area contributed by atoms with Gasteiger partial charge in [-0.1, -0.05) is 38.5 Å². The Labute approximate surface area is 120 Å². The van der Waals surface area contributed by atoms with E-state index in [9.17, 15) is 14.7 Å². The number of aryl methyl sites for hydroxylation is 3. The van der Waals surface area contributed by atoms with E-state index in [0.29, 0.717) is 5.69 Å². The minimum absolute atomic E-state index is 0.472. The molecule has 20 heavy (non-hydrogen) atoms. The normalized spacial score (nSPS) is 12.9. The third-order valence-corrected chi connectivity index (χ3v) is 3.30. The van der Waals surface area contributed by atoms with Crippen LogP contribution in [0.2, 0.25) is 0 Å². The van der Waals surface area contributed by atoms with Gasteiger partial charge in [0.25, 0.3) is 0 Å². The van der Waals surface area contributed by atoms with Crippen molar-refractivity contribution >= 4 is 17.6 Å². The number of carbonyl (C=O) groups is 2. The summed E-state index contributed by atoms with van der Waals surface area (Å²) in [6, 6.07) is 3.94. The average molecular weight is 277 g/mol. The zero-order valence-electron chi connectivity index (χ0n) is 13.0. The highest BCUT2D eigenvalue weighted by Gasteiger charge is 2.37. The Kier molecular flexibility index (Phi) is 4.58. The van der Waals surface area contributed by atoms with E-state index in [4.69, 9.17) is 0 Å². The molecule has 1 aromatic carbocycles. The zero-order valence-corrected chi connectivity index (χ0v) is 13.0. The monoisotopic (exact) mass is 277 g/mol. The van der Waals surface area contributed by atoms with Crippen LogP contribution in [0.15, 0.2) is 12.1 Å². The van der Waals surface area contributed by atoms with Gasteiger partial charge in [0.05, 0.1) is 0 Å². The van der Waals surface area contributed by atoms with Crippen LogP contribution in [0, 0.1) is 32.1 Å². The lowest BCUT2D eigenvalue weighted by atomic mass is 9.80. The molecule has 0 aliphatic carbocycles. The number of carboxylic acid groups (broad SMARTS) is 1. The van der Waals surface area contributed by atoms with Crippen molar-refractivity contribution in [2.45, 2.75) is 41.5 Å². The summed E-state index contributed by atoms with van der Waals surface area (Å²) < 4.78 is 0. The number of amides is 1. The standard InChI is InChI=1S/C16H23NO3/c1-9-7-10(2)13(11(3)8-9)17-14(18)12(15(19)20)16(4,5)6/h7-8,12H,1-6H3,(H,17,18)(H,19,20). The van der Waals surface area contributed by atoms with Gasteiger partial charge in [0.15, 0.2) is 0 Å². The van der Waals surface area contributed by atoms with E-state index < -0.39 is 23.2 Å². The molecule has 0 radical (unpaired) electrons. The number of aliphatic carboxylic acids is 1. The van der Waals surface area contributed by atoms with Crippen molar-refractivity contribution in [1.82, 2.24) is 0 Å². The third kappa shape index (κ3) is 3.59. The second-order valence-corrected chi connectivity index (χ2v) is 6.40. The van der Waals surface area contributed by atoms with Crippen LogP contribution in [0.5, 0.6) is 0 Å². The van der Waals surface area contributed by atoms with Gasteiger partial charge in [-0.2, -0.15) is 0 Å². The Morgan fingerprint density at radius 3 is 1.90 bits per heavy atom. The van der Waals surface area contributed by atoms with Crippen LogP contribution in [0.3, 0.4) is 0 Å². The topological polar surface area (TPSA) is 66.4 Å². The Morgan fingerprint density at radius 1 is 1.10 bits per heavy atom. The van der Waals surface area contributed by atoms with Crippen molar-refractivity contribution in [3.05, 3.63) is 28.8 Å². The molecule has 0 saturated heterocycles. The molecule has 1 amide bonds. The molecular weight excluding hydrogens is 254 g/mol. The van der Waals surface area contributed by atoms with Crippen LogP contribution >= 0.6 is 0 Å². The first-order chi connectivity index (χ1) is 9.04. The molecule has 1 rings (SSSR count). The maximum atomic E-state index is 12.3. The molecule has 0 fully saturated rings. The lowest BCUT2D eigenvalue weighted by Gasteiger charge is -2.26. The van der Waals surface area contributed by atoms with Gasteiger partial charge in [-0.25, -0.2) is 0 Å². The number of anilines is 1. The average Bonchev–Trinajstić information content (AvgIpc) is 2.20. The predicted molar refractivity (Wildman–Crippen MR) is 79.9 cm³/mol. The first-order valence-corrected chi connectivity index (χ1v) is 6.65. The van der Waals surface area contributed by atoms with Gasteiger partial charge in [0.1, 0.15) is 5.92 Å². The van der Waals surface area contributed by atoms with E-state index in [1.807, 2.05) is 32.9 Å². The molecule has 0 aromatic heterocycles. The first kappa shape index (κ1) is 16.2. The van der Waals surface area contributed by atoms with Gasteiger partial charge in [0.2, 0.25) is 5.91 Å². The number of carboxylic acids is 1. The summed E-state index contributed by atoms with van der Waals surface area (Å²) >= 11 is 0. The fraction of sp³-hybridized carbons (Fsp3) is 0.500. The molecule has 0 saturated carbocycles. The highest BCUT2D eigenvalue weighted by molar-refractivity contribution is 6.05. The van der Waals surface area contributed by atoms with E-state index in [1.54, 1.807) is 20.8 Å². The van der Waals surface area contributed by atoms with Crippen molar-refractivity contribution in [2.24, 2.45) is 11.3 Å². The molecular formula is C16H23NO3. The van der Waals surface area contributed by atoms with Crippen LogP contribution < -0.4 is 5.32 Å². The maximum Gasteiger partial charge on any atom is 0.316 e. The minimum atomic E-state index is -1.10. The lowest BCUT2D eigenvalue weighted by Crippen LogP contribution is -2.39. The molecule has 1 atom stereocenters. The summed E-state index contributed by atoms with van der Waals surface area (Å²) in [7, 11) is 0. The number of hydrogen-bond donors (Lipinski definition) is 2. The lowest BCUT2D eigenvalue weighted by molar-refractivity contribution is -0.149. The Morgan fingerprint density at radius 2 is 1.55 bits per heavy atom. The molecule has 1 unspecified atom stereocenters. The summed E-state index contributed by atoms with van der Waals surface area (Å²) in [5, 5.41) is 12.1. The molecule has 1 aromatic rings. The Balaban J connectivity index is 3.10. The van der Waals surface area contributed by atoms with Crippen LogP contribution in [0.4, 0.5) is 5.69 Å². The predicted octanol–water partition coefficient (Wildman–Crippen LogP) is 3.30. The molecule has 4 heteroatoms. The van der Waals surface area contributed by atoms with Crippen LogP contribution in [0.1, 0.15) is 37.5 Å².